The molecule has 0 heterocycles. The molecule has 1 aromatic carbocycles. The minimum Gasteiger partial charge on any atom is -0.396 e. The lowest BCUT2D eigenvalue weighted by atomic mass is 9.96. The van der Waals surface area contributed by atoms with Gasteiger partial charge in [-0.2, -0.15) is 13.2 Å². The highest BCUT2D eigenvalue weighted by Gasteiger charge is 2.30. The van der Waals surface area contributed by atoms with Crippen LogP contribution in [0, 0.1) is 12.8 Å². The normalized spacial score (nSPS) is 13.9. The van der Waals surface area contributed by atoms with E-state index in [4.69, 9.17) is 5.11 Å². The zero-order valence-electron chi connectivity index (χ0n) is 9.30. The lowest BCUT2D eigenvalue weighted by Crippen LogP contribution is -2.09. The molecular formula is C12H15F3O. The fourth-order valence-electron chi connectivity index (χ4n) is 1.54. The number of aliphatic hydroxyl groups is 1. The number of benzene rings is 1. The minimum absolute atomic E-state index is 0.0421. The lowest BCUT2D eigenvalue weighted by Gasteiger charge is -2.13. The average Bonchev–Trinajstić information content (AvgIpc) is 2.19. The first-order valence-corrected chi connectivity index (χ1v) is 5.12. The molecule has 0 aliphatic heterocycles. The third-order valence-corrected chi connectivity index (χ3v) is 2.55. The molecular weight excluding hydrogens is 217 g/mol. The monoisotopic (exact) mass is 232 g/mol. The molecule has 1 N–H and O–H groups in total. The molecule has 0 radical (unpaired) electrons. The molecule has 0 bridgehead atoms. The van der Waals surface area contributed by atoms with Crippen LogP contribution in [0.25, 0.3) is 0 Å². The molecule has 1 nitrogen and oxygen atoms in total. The molecule has 0 saturated heterocycles. The Bertz CT molecular complexity index is 358. The zero-order valence-corrected chi connectivity index (χ0v) is 9.30. The van der Waals surface area contributed by atoms with E-state index in [-0.39, 0.29) is 12.5 Å². The maximum absolute atomic E-state index is 12.4. The Balaban J connectivity index is 2.92. The number of halogens is 3. The summed E-state index contributed by atoms with van der Waals surface area (Å²) in [7, 11) is 0. The zero-order chi connectivity index (χ0) is 12.3. The summed E-state index contributed by atoms with van der Waals surface area (Å²) >= 11 is 0. The average molecular weight is 232 g/mol. The summed E-state index contributed by atoms with van der Waals surface area (Å²) in [5, 5.41) is 8.89. The van der Waals surface area contributed by atoms with E-state index >= 15 is 0 Å². The van der Waals surface area contributed by atoms with Crippen molar-refractivity contribution >= 4 is 0 Å². The molecule has 0 aromatic heterocycles. The van der Waals surface area contributed by atoms with E-state index in [1.165, 1.54) is 6.07 Å². The van der Waals surface area contributed by atoms with Crippen LogP contribution < -0.4 is 0 Å². The van der Waals surface area contributed by atoms with Gasteiger partial charge in [-0.25, -0.2) is 0 Å². The van der Waals surface area contributed by atoms with Crippen LogP contribution in [0.5, 0.6) is 0 Å². The van der Waals surface area contributed by atoms with E-state index in [1.807, 2.05) is 6.92 Å². The first-order chi connectivity index (χ1) is 7.34. The highest BCUT2D eigenvalue weighted by molar-refractivity contribution is 5.32. The molecule has 0 spiro atoms. The summed E-state index contributed by atoms with van der Waals surface area (Å²) in [6, 6.07) is 3.73. The van der Waals surface area contributed by atoms with Crippen LogP contribution in [0.2, 0.25) is 0 Å². The van der Waals surface area contributed by atoms with Crippen LogP contribution >= 0.6 is 0 Å². The summed E-state index contributed by atoms with van der Waals surface area (Å²) in [6.07, 6.45) is -3.69. The number of alkyl halides is 3. The third kappa shape index (κ3) is 3.23. The van der Waals surface area contributed by atoms with E-state index < -0.39 is 11.7 Å². The Morgan fingerprint density at radius 3 is 2.38 bits per heavy atom. The van der Waals surface area contributed by atoms with Crippen molar-refractivity contribution in [1.29, 1.82) is 0 Å². The molecule has 0 amide bonds. The Labute approximate surface area is 92.9 Å². The van der Waals surface area contributed by atoms with E-state index in [2.05, 4.69) is 0 Å². The quantitative estimate of drug-likeness (QED) is 0.848. The van der Waals surface area contributed by atoms with Crippen molar-refractivity contribution in [2.45, 2.75) is 26.4 Å². The van der Waals surface area contributed by atoms with Gasteiger partial charge in [0.2, 0.25) is 0 Å². The van der Waals surface area contributed by atoms with Gasteiger partial charge in [-0.3, -0.25) is 0 Å². The molecule has 4 heteroatoms. The van der Waals surface area contributed by atoms with Gasteiger partial charge in [0.25, 0.3) is 0 Å². The van der Waals surface area contributed by atoms with Crippen molar-refractivity contribution < 1.29 is 18.3 Å². The fourth-order valence-corrected chi connectivity index (χ4v) is 1.54. The van der Waals surface area contributed by atoms with Crippen molar-refractivity contribution in [2.75, 3.05) is 6.61 Å². The van der Waals surface area contributed by atoms with Crippen LogP contribution in [-0.2, 0) is 12.6 Å². The molecule has 0 aliphatic carbocycles. The Morgan fingerprint density at radius 1 is 1.31 bits per heavy atom. The van der Waals surface area contributed by atoms with Gasteiger partial charge in [0, 0.05) is 6.61 Å². The molecule has 1 atom stereocenters. The summed E-state index contributed by atoms with van der Waals surface area (Å²) < 4.78 is 37.2. The molecule has 1 rings (SSSR count). The number of aryl methyl sites for hydroxylation is 1. The van der Waals surface area contributed by atoms with Crippen LogP contribution in [0.3, 0.4) is 0 Å². The van der Waals surface area contributed by atoms with Crippen LogP contribution in [0.4, 0.5) is 13.2 Å². The molecule has 90 valence electrons. The number of aliphatic hydroxyl groups excluding tert-OH is 1. The molecule has 0 saturated carbocycles. The largest absolute Gasteiger partial charge is 0.416 e. The Hall–Kier alpha value is -1.03. The topological polar surface area (TPSA) is 20.2 Å². The third-order valence-electron chi connectivity index (χ3n) is 2.55. The second-order valence-corrected chi connectivity index (χ2v) is 4.13. The van der Waals surface area contributed by atoms with Gasteiger partial charge in [0.15, 0.2) is 0 Å². The maximum Gasteiger partial charge on any atom is 0.416 e. The van der Waals surface area contributed by atoms with Gasteiger partial charge in [-0.1, -0.05) is 13.0 Å². The number of hydrogen-bond acceptors (Lipinski definition) is 1. The SMILES string of the molecule is Cc1cc(C(F)(F)F)ccc1CC(C)CO. The van der Waals surface area contributed by atoms with Gasteiger partial charge in [0.1, 0.15) is 0 Å². The summed E-state index contributed by atoms with van der Waals surface area (Å²) in [5.41, 5.74) is 0.857. The van der Waals surface area contributed by atoms with Gasteiger partial charge < -0.3 is 5.11 Å². The molecule has 1 unspecified atom stereocenters. The van der Waals surface area contributed by atoms with E-state index in [9.17, 15) is 13.2 Å². The van der Waals surface area contributed by atoms with E-state index in [0.717, 1.165) is 17.7 Å². The van der Waals surface area contributed by atoms with Crippen molar-refractivity contribution in [3.05, 3.63) is 34.9 Å². The summed E-state index contributed by atoms with van der Waals surface area (Å²) in [5.74, 6) is 0.0652. The van der Waals surface area contributed by atoms with Gasteiger partial charge >= 0.3 is 6.18 Å². The predicted molar refractivity (Wildman–Crippen MR) is 56.1 cm³/mol. The predicted octanol–water partition coefficient (Wildman–Crippen LogP) is 3.18. The smallest absolute Gasteiger partial charge is 0.396 e. The fraction of sp³-hybridized carbons (Fsp3) is 0.500. The lowest BCUT2D eigenvalue weighted by molar-refractivity contribution is -0.137. The Morgan fingerprint density at radius 2 is 1.94 bits per heavy atom. The molecule has 16 heavy (non-hydrogen) atoms. The van der Waals surface area contributed by atoms with Crippen LogP contribution in [0.1, 0.15) is 23.6 Å². The highest BCUT2D eigenvalue weighted by atomic mass is 19.4. The number of rotatable bonds is 3. The van der Waals surface area contributed by atoms with Crippen molar-refractivity contribution in [2.24, 2.45) is 5.92 Å². The van der Waals surface area contributed by atoms with Gasteiger partial charge in [-0.05, 0) is 42.5 Å². The molecule has 0 fully saturated rings. The minimum atomic E-state index is -4.29. The van der Waals surface area contributed by atoms with Crippen LogP contribution in [-0.4, -0.2) is 11.7 Å². The van der Waals surface area contributed by atoms with E-state index in [1.54, 1.807) is 6.92 Å². The molecule has 1 aromatic rings. The standard InChI is InChI=1S/C12H15F3O/c1-8(7-16)5-10-3-4-11(6-9(10)2)12(13,14)15/h3-4,6,8,16H,5,7H2,1-2H3. The number of hydrogen-bond donors (Lipinski definition) is 1. The first-order valence-electron chi connectivity index (χ1n) is 5.12. The molecule has 0 aliphatic rings. The maximum atomic E-state index is 12.4. The highest BCUT2D eigenvalue weighted by Crippen LogP contribution is 2.30. The van der Waals surface area contributed by atoms with Crippen molar-refractivity contribution in [1.82, 2.24) is 0 Å². The first kappa shape index (κ1) is 13.0. The second-order valence-electron chi connectivity index (χ2n) is 4.13. The van der Waals surface area contributed by atoms with Crippen molar-refractivity contribution in [3.63, 3.8) is 0 Å². The second kappa shape index (κ2) is 4.87. The van der Waals surface area contributed by atoms with E-state index in [0.29, 0.717) is 12.0 Å². The van der Waals surface area contributed by atoms with Gasteiger partial charge in [0.05, 0.1) is 5.56 Å². The van der Waals surface area contributed by atoms with Crippen molar-refractivity contribution in [3.8, 4) is 0 Å². The Kier molecular flexibility index (Phi) is 3.97. The summed E-state index contributed by atoms with van der Waals surface area (Å²) in [4.78, 5) is 0. The van der Waals surface area contributed by atoms with Gasteiger partial charge in [-0.15, -0.1) is 0 Å². The summed E-state index contributed by atoms with van der Waals surface area (Å²) in [6.45, 7) is 3.56. The van der Waals surface area contributed by atoms with Crippen LogP contribution in [0.15, 0.2) is 18.2 Å².